The topological polar surface area (TPSA) is 32.5 Å². The van der Waals surface area contributed by atoms with Gasteiger partial charge in [0.1, 0.15) is 0 Å². The van der Waals surface area contributed by atoms with Crippen LogP contribution in [0, 0.1) is 0 Å². The minimum atomic E-state index is 0.678. The molecule has 0 aliphatic carbocycles. The van der Waals surface area contributed by atoms with Crippen molar-refractivity contribution in [1.82, 2.24) is 9.80 Å². The summed E-state index contributed by atoms with van der Waals surface area (Å²) in [6.07, 6.45) is 0. The Morgan fingerprint density at radius 3 is 2.64 bits per heavy atom. The van der Waals surface area contributed by atoms with Gasteiger partial charge in [-0.2, -0.15) is 0 Å². The lowest BCUT2D eigenvalue weighted by Crippen LogP contribution is -2.52. The van der Waals surface area contributed by atoms with Gasteiger partial charge >= 0.3 is 0 Å². The first-order valence-electron chi connectivity index (χ1n) is 4.44. The van der Waals surface area contributed by atoms with Crippen molar-refractivity contribution in [2.75, 3.05) is 32.8 Å². The van der Waals surface area contributed by atoms with Crippen molar-refractivity contribution >= 4 is 0 Å². The summed E-state index contributed by atoms with van der Waals surface area (Å²) in [5, 5.41) is 0. The summed E-state index contributed by atoms with van der Waals surface area (Å²) >= 11 is 0. The van der Waals surface area contributed by atoms with Crippen LogP contribution in [0.15, 0.2) is 0 Å². The number of likely N-dealkylation sites (N-methyl/N-ethyl adjacent to an activating group) is 1. The van der Waals surface area contributed by atoms with E-state index in [2.05, 4.69) is 23.6 Å². The first-order valence-corrected chi connectivity index (χ1v) is 4.44. The Hall–Kier alpha value is -0.120. The molecular weight excluding hydrogens is 138 g/mol. The van der Waals surface area contributed by atoms with Crippen LogP contribution >= 0.6 is 0 Å². The molecule has 0 saturated carbocycles. The molecule has 1 aliphatic rings. The summed E-state index contributed by atoms with van der Waals surface area (Å²) < 4.78 is 0. The Balaban J connectivity index is 2.34. The number of rotatable bonds is 2. The number of hydrogen-bond acceptors (Lipinski definition) is 3. The van der Waals surface area contributed by atoms with Gasteiger partial charge in [0.2, 0.25) is 0 Å². The largest absolute Gasteiger partial charge is 0.318 e. The van der Waals surface area contributed by atoms with Crippen LogP contribution in [0.3, 0.4) is 0 Å². The number of hydrogen-bond donors (Lipinski definition) is 1. The maximum atomic E-state index is 5.56. The van der Waals surface area contributed by atoms with Gasteiger partial charge in [-0.25, -0.2) is 0 Å². The van der Waals surface area contributed by atoms with E-state index in [0.29, 0.717) is 12.7 Å². The van der Waals surface area contributed by atoms with Crippen LogP contribution in [0.5, 0.6) is 0 Å². The Morgan fingerprint density at radius 2 is 2.18 bits per heavy atom. The van der Waals surface area contributed by atoms with Crippen LogP contribution in [-0.4, -0.2) is 48.7 Å². The number of piperazine rings is 1. The molecule has 1 fully saturated rings. The summed E-state index contributed by atoms with van der Waals surface area (Å²) in [6.45, 7) is 9.80. The monoisotopic (exact) mass is 157 g/mol. The minimum absolute atomic E-state index is 0.678. The molecule has 11 heavy (non-hydrogen) atoms. The van der Waals surface area contributed by atoms with Gasteiger partial charge in [-0.05, 0) is 13.5 Å². The third-order valence-electron chi connectivity index (χ3n) is 2.51. The van der Waals surface area contributed by atoms with E-state index in [9.17, 15) is 0 Å². The molecule has 0 amide bonds. The normalized spacial score (nSPS) is 29.2. The minimum Gasteiger partial charge on any atom is -0.318 e. The van der Waals surface area contributed by atoms with Gasteiger partial charge in [0.25, 0.3) is 0 Å². The third kappa shape index (κ3) is 2.15. The Kier molecular flexibility index (Phi) is 3.30. The molecular formula is C8H19N3. The molecule has 1 saturated heterocycles. The second-order valence-electron chi connectivity index (χ2n) is 3.24. The number of nitrogens with two attached hydrogens (primary N) is 1. The molecule has 0 spiro atoms. The van der Waals surface area contributed by atoms with Crippen molar-refractivity contribution in [3.05, 3.63) is 0 Å². The van der Waals surface area contributed by atoms with E-state index in [1.165, 1.54) is 13.1 Å². The van der Waals surface area contributed by atoms with E-state index < -0.39 is 0 Å². The van der Waals surface area contributed by atoms with E-state index >= 15 is 0 Å². The summed E-state index contributed by atoms with van der Waals surface area (Å²) in [5.74, 6) is 0. The molecule has 1 heterocycles. The van der Waals surface area contributed by atoms with Crippen LogP contribution in [0.2, 0.25) is 0 Å². The quantitative estimate of drug-likeness (QED) is 0.609. The fraction of sp³-hybridized carbons (Fsp3) is 1.00. The molecule has 0 radical (unpaired) electrons. The van der Waals surface area contributed by atoms with Gasteiger partial charge in [0.05, 0.1) is 0 Å². The highest BCUT2D eigenvalue weighted by Crippen LogP contribution is 2.06. The second-order valence-corrected chi connectivity index (χ2v) is 3.24. The molecule has 0 aromatic carbocycles. The zero-order chi connectivity index (χ0) is 8.27. The van der Waals surface area contributed by atoms with Crippen LogP contribution in [0.25, 0.3) is 0 Å². The van der Waals surface area contributed by atoms with E-state index in [-0.39, 0.29) is 0 Å². The predicted molar refractivity (Wildman–Crippen MR) is 47.3 cm³/mol. The van der Waals surface area contributed by atoms with Crippen molar-refractivity contribution in [3.63, 3.8) is 0 Å². The Labute approximate surface area is 69.1 Å². The van der Waals surface area contributed by atoms with Crippen molar-refractivity contribution in [2.45, 2.75) is 19.9 Å². The fourth-order valence-corrected chi connectivity index (χ4v) is 1.71. The van der Waals surface area contributed by atoms with Crippen LogP contribution in [-0.2, 0) is 0 Å². The van der Waals surface area contributed by atoms with E-state index in [1.54, 1.807) is 0 Å². The SMILES string of the molecule is CCN1CCN(CN)CC1C. The highest BCUT2D eigenvalue weighted by molar-refractivity contribution is 4.76. The lowest BCUT2D eigenvalue weighted by Gasteiger charge is -2.38. The molecule has 66 valence electrons. The van der Waals surface area contributed by atoms with Gasteiger partial charge in [-0.3, -0.25) is 9.80 Å². The zero-order valence-electron chi connectivity index (χ0n) is 7.58. The molecule has 0 aromatic heterocycles. The lowest BCUT2D eigenvalue weighted by molar-refractivity contribution is 0.0900. The Bertz CT molecular complexity index is 116. The smallest absolute Gasteiger partial charge is 0.0456 e. The van der Waals surface area contributed by atoms with E-state index in [1.807, 2.05) is 0 Å². The summed E-state index contributed by atoms with van der Waals surface area (Å²) in [4.78, 5) is 4.79. The predicted octanol–water partition coefficient (Wildman–Crippen LogP) is -0.0714. The average Bonchev–Trinajstić information content (AvgIpc) is 2.04. The number of nitrogens with zero attached hydrogens (tertiary/aromatic N) is 2. The molecule has 0 bridgehead atoms. The van der Waals surface area contributed by atoms with Gasteiger partial charge in [-0.1, -0.05) is 6.92 Å². The van der Waals surface area contributed by atoms with Gasteiger partial charge in [0.15, 0.2) is 0 Å². The molecule has 3 heteroatoms. The maximum absolute atomic E-state index is 5.56. The van der Waals surface area contributed by atoms with Crippen molar-refractivity contribution in [3.8, 4) is 0 Å². The highest BCUT2D eigenvalue weighted by atomic mass is 15.3. The van der Waals surface area contributed by atoms with Crippen LogP contribution in [0.4, 0.5) is 0 Å². The van der Waals surface area contributed by atoms with Crippen molar-refractivity contribution in [2.24, 2.45) is 5.73 Å². The standard InChI is InChI=1S/C8H19N3/c1-3-11-5-4-10(7-9)6-8(11)2/h8H,3-7,9H2,1-2H3. The summed E-state index contributed by atoms with van der Waals surface area (Å²) in [7, 11) is 0. The van der Waals surface area contributed by atoms with Crippen molar-refractivity contribution < 1.29 is 0 Å². The summed E-state index contributed by atoms with van der Waals surface area (Å²) in [5.41, 5.74) is 5.56. The van der Waals surface area contributed by atoms with Crippen LogP contribution in [0.1, 0.15) is 13.8 Å². The van der Waals surface area contributed by atoms with E-state index in [0.717, 1.165) is 13.1 Å². The van der Waals surface area contributed by atoms with Gasteiger partial charge in [-0.15, -0.1) is 0 Å². The first kappa shape index (κ1) is 8.97. The fourth-order valence-electron chi connectivity index (χ4n) is 1.71. The van der Waals surface area contributed by atoms with Crippen LogP contribution < -0.4 is 5.73 Å². The third-order valence-corrected chi connectivity index (χ3v) is 2.51. The first-order chi connectivity index (χ1) is 5.27. The molecule has 1 unspecified atom stereocenters. The van der Waals surface area contributed by atoms with E-state index in [4.69, 9.17) is 5.73 Å². The highest BCUT2D eigenvalue weighted by Gasteiger charge is 2.20. The maximum Gasteiger partial charge on any atom is 0.0456 e. The zero-order valence-corrected chi connectivity index (χ0v) is 7.58. The Morgan fingerprint density at radius 1 is 1.45 bits per heavy atom. The van der Waals surface area contributed by atoms with Gasteiger partial charge < -0.3 is 5.73 Å². The molecule has 1 rings (SSSR count). The lowest BCUT2D eigenvalue weighted by atomic mass is 10.2. The second kappa shape index (κ2) is 4.04. The average molecular weight is 157 g/mol. The molecule has 1 atom stereocenters. The molecule has 1 aliphatic heterocycles. The molecule has 0 aromatic rings. The van der Waals surface area contributed by atoms with Gasteiger partial charge in [0, 0.05) is 32.3 Å². The summed E-state index contributed by atoms with van der Waals surface area (Å²) in [6, 6.07) is 0.678. The molecule has 2 N–H and O–H groups in total. The molecule has 3 nitrogen and oxygen atoms in total. The van der Waals surface area contributed by atoms with Crippen molar-refractivity contribution in [1.29, 1.82) is 0 Å².